The first-order valence-electron chi connectivity index (χ1n) is 5.38. The van der Waals surface area contributed by atoms with Crippen LogP contribution in [0.3, 0.4) is 0 Å². The molecule has 0 aliphatic heterocycles. The van der Waals surface area contributed by atoms with Gasteiger partial charge in [0.05, 0.1) is 6.07 Å². The highest BCUT2D eigenvalue weighted by Crippen LogP contribution is 2.09. The molecule has 0 heterocycles. The van der Waals surface area contributed by atoms with Crippen LogP contribution in [0.1, 0.15) is 29.5 Å². The van der Waals surface area contributed by atoms with Crippen molar-refractivity contribution in [3.8, 4) is 6.07 Å². The molecule has 0 fully saturated rings. The van der Waals surface area contributed by atoms with Gasteiger partial charge in [-0.25, -0.2) is 0 Å². The molecule has 2 nitrogen and oxygen atoms in total. The Morgan fingerprint density at radius 2 is 2.13 bits per heavy atom. The maximum Gasteiger partial charge on any atom is 0.0622 e. The normalized spacial score (nSPS) is 9.93. The Hall–Kier alpha value is -1.33. The lowest BCUT2D eigenvalue weighted by atomic mass is 10.1. The highest BCUT2D eigenvalue weighted by Gasteiger charge is 1.97. The van der Waals surface area contributed by atoms with Crippen molar-refractivity contribution in [3.63, 3.8) is 0 Å². The van der Waals surface area contributed by atoms with E-state index in [9.17, 15) is 0 Å². The van der Waals surface area contributed by atoms with Crippen LogP contribution < -0.4 is 5.32 Å². The Bertz CT molecular complexity index is 350. The molecule has 0 aliphatic carbocycles. The molecule has 0 aliphatic rings. The van der Waals surface area contributed by atoms with Crippen LogP contribution >= 0.6 is 0 Å². The molecule has 0 atom stereocenters. The zero-order chi connectivity index (χ0) is 11.1. The molecule has 1 aromatic rings. The minimum Gasteiger partial charge on any atom is -0.313 e. The van der Waals surface area contributed by atoms with E-state index in [-0.39, 0.29) is 0 Å². The smallest absolute Gasteiger partial charge is 0.0622 e. The van der Waals surface area contributed by atoms with Crippen LogP contribution in [-0.2, 0) is 6.54 Å². The number of hydrogen-bond acceptors (Lipinski definition) is 2. The molecular weight excluding hydrogens is 184 g/mol. The molecule has 0 bridgehead atoms. The molecule has 1 N–H and O–H groups in total. The summed E-state index contributed by atoms with van der Waals surface area (Å²) in [6.07, 6.45) is 1.57. The summed E-state index contributed by atoms with van der Waals surface area (Å²) in [6.45, 7) is 6.06. The van der Waals surface area contributed by atoms with Gasteiger partial charge in [0.25, 0.3) is 0 Å². The molecular formula is C13H18N2. The Balaban J connectivity index is 2.35. The lowest BCUT2D eigenvalue weighted by molar-refractivity contribution is 0.655. The Kier molecular flexibility index (Phi) is 4.86. The van der Waals surface area contributed by atoms with Gasteiger partial charge in [0, 0.05) is 13.0 Å². The summed E-state index contributed by atoms with van der Waals surface area (Å²) in [4.78, 5) is 0. The average molecular weight is 202 g/mol. The quantitative estimate of drug-likeness (QED) is 0.745. The van der Waals surface area contributed by atoms with Crippen LogP contribution in [-0.4, -0.2) is 6.54 Å². The standard InChI is InChI=1S/C13H18N2/c1-11-5-6-13(12(2)9-11)10-15-8-4-3-7-14/h5-6,9,15H,3-4,8,10H2,1-2H3. The van der Waals surface area contributed by atoms with Gasteiger partial charge < -0.3 is 5.32 Å². The van der Waals surface area contributed by atoms with Gasteiger partial charge >= 0.3 is 0 Å². The molecule has 0 unspecified atom stereocenters. The highest BCUT2D eigenvalue weighted by molar-refractivity contribution is 5.30. The van der Waals surface area contributed by atoms with Gasteiger partial charge in [0.1, 0.15) is 0 Å². The Morgan fingerprint density at radius 1 is 1.33 bits per heavy atom. The topological polar surface area (TPSA) is 35.8 Å². The van der Waals surface area contributed by atoms with Gasteiger partial charge in [-0.1, -0.05) is 23.8 Å². The van der Waals surface area contributed by atoms with E-state index < -0.39 is 0 Å². The monoisotopic (exact) mass is 202 g/mol. The van der Waals surface area contributed by atoms with E-state index in [0.717, 1.165) is 19.5 Å². The van der Waals surface area contributed by atoms with Gasteiger partial charge in [-0.05, 0) is 37.9 Å². The lowest BCUT2D eigenvalue weighted by Crippen LogP contribution is -2.15. The number of nitrogens with zero attached hydrogens (tertiary/aromatic N) is 1. The van der Waals surface area contributed by atoms with Crippen LogP contribution in [0.5, 0.6) is 0 Å². The molecule has 1 aromatic carbocycles. The number of aryl methyl sites for hydroxylation is 2. The van der Waals surface area contributed by atoms with Crippen molar-refractivity contribution in [2.45, 2.75) is 33.2 Å². The Morgan fingerprint density at radius 3 is 2.80 bits per heavy atom. The highest BCUT2D eigenvalue weighted by atomic mass is 14.8. The second kappa shape index (κ2) is 6.21. The molecule has 15 heavy (non-hydrogen) atoms. The maximum absolute atomic E-state index is 8.38. The summed E-state index contributed by atoms with van der Waals surface area (Å²) in [5.41, 5.74) is 3.99. The van der Waals surface area contributed by atoms with Gasteiger partial charge in [-0.15, -0.1) is 0 Å². The number of hydrogen-bond donors (Lipinski definition) is 1. The number of unbranched alkanes of at least 4 members (excludes halogenated alkanes) is 1. The van der Waals surface area contributed by atoms with Crippen molar-refractivity contribution >= 4 is 0 Å². The molecule has 0 spiro atoms. The van der Waals surface area contributed by atoms with E-state index in [2.05, 4.69) is 43.4 Å². The van der Waals surface area contributed by atoms with Crippen LogP contribution in [0.2, 0.25) is 0 Å². The third kappa shape index (κ3) is 4.14. The minimum atomic E-state index is 0.639. The van der Waals surface area contributed by atoms with Crippen LogP contribution in [0, 0.1) is 25.2 Å². The van der Waals surface area contributed by atoms with Gasteiger partial charge in [-0.2, -0.15) is 5.26 Å². The summed E-state index contributed by atoms with van der Waals surface area (Å²) >= 11 is 0. The first kappa shape index (κ1) is 11.7. The van der Waals surface area contributed by atoms with Crippen molar-refractivity contribution < 1.29 is 0 Å². The number of benzene rings is 1. The Labute approximate surface area is 91.9 Å². The second-order valence-corrected chi connectivity index (χ2v) is 3.87. The molecule has 0 saturated heterocycles. The van der Waals surface area contributed by atoms with Crippen LogP contribution in [0.4, 0.5) is 0 Å². The first-order valence-corrected chi connectivity index (χ1v) is 5.38. The van der Waals surface area contributed by atoms with Crippen LogP contribution in [0.15, 0.2) is 18.2 Å². The molecule has 0 radical (unpaired) electrons. The molecule has 0 aromatic heterocycles. The predicted octanol–water partition coefficient (Wildman–Crippen LogP) is 2.70. The first-order chi connectivity index (χ1) is 7.24. The van der Waals surface area contributed by atoms with E-state index in [4.69, 9.17) is 5.26 Å². The predicted molar refractivity (Wildman–Crippen MR) is 62.5 cm³/mol. The largest absolute Gasteiger partial charge is 0.313 e. The number of nitriles is 1. The summed E-state index contributed by atoms with van der Waals surface area (Å²) < 4.78 is 0. The zero-order valence-corrected chi connectivity index (χ0v) is 9.51. The van der Waals surface area contributed by atoms with E-state index in [1.165, 1.54) is 16.7 Å². The SMILES string of the molecule is Cc1ccc(CNCCCC#N)c(C)c1. The minimum absolute atomic E-state index is 0.639. The lowest BCUT2D eigenvalue weighted by Gasteiger charge is -2.07. The summed E-state index contributed by atoms with van der Waals surface area (Å²) in [7, 11) is 0. The van der Waals surface area contributed by atoms with E-state index in [1.807, 2.05) is 0 Å². The van der Waals surface area contributed by atoms with Crippen molar-refractivity contribution in [1.29, 1.82) is 5.26 Å². The van der Waals surface area contributed by atoms with Crippen LogP contribution in [0.25, 0.3) is 0 Å². The average Bonchev–Trinajstić information content (AvgIpc) is 2.20. The fourth-order valence-electron chi connectivity index (χ4n) is 1.56. The van der Waals surface area contributed by atoms with Crippen molar-refractivity contribution in [2.75, 3.05) is 6.54 Å². The zero-order valence-electron chi connectivity index (χ0n) is 9.51. The number of nitrogens with one attached hydrogen (secondary N) is 1. The van der Waals surface area contributed by atoms with E-state index in [0.29, 0.717) is 6.42 Å². The summed E-state index contributed by atoms with van der Waals surface area (Å²) in [6, 6.07) is 8.65. The fraction of sp³-hybridized carbons (Fsp3) is 0.462. The second-order valence-electron chi connectivity index (χ2n) is 3.87. The van der Waals surface area contributed by atoms with E-state index >= 15 is 0 Å². The maximum atomic E-state index is 8.38. The van der Waals surface area contributed by atoms with Gasteiger partial charge in [-0.3, -0.25) is 0 Å². The molecule has 0 saturated carbocycles. The molecule has 0 amide bonds. The summed E-state index contributed by atoms with van der Waals surface area (Å²) in [5.74, 6) is 0. The fourth-order valence-corrected chi connectivity index (χ4v) is 1.56. The third-order valence-corrected chi connectivity index (χ3v) is 2.46. The van der Waals surface area contributed by atoms with Crippen molar-refractivity contribution in [2.24, 2.45) is 0 Å². The van der Waals surface area contributed by atoms with Gasteiger partial charge in [0.2, 0.25) is 0 Å². The molecule has 2 heteroatoms. The van der Waals surface area contributed by atoms with E-state index in [1.54, 1.807) is 0 Å². The number of rotatable bonds is 5. The third-order valence-electron chi connectivity index (χ3n) is 2.46. The molecule has 80 valence electrons. The molecule has 1 rings (SSSR count). The summed E-state index contributed by atoms with van der Waals surface area (Å²) in [5, 5.41) is 11.7. The van der Waals surface area contributed by atoms with Gasteiger partial charge in [0.15, 0.2) is 0 Å². The van der Waals surface area contributed by atoms with Crippen molar-refractivity contribution in [3.05, 3.63) is 34.9 Å². The van der Waals surface area contributed by atoms with Crippen molar-refractivity contribution in [1.82, 2.24) is 5.32 Å².